The molecule has 8 nitrogen and oxygen atoms in total. The van der Waals surface area contributed by atoms with Gasteiger partial charge in [-0.2, -0.15) is 0 Å². The number of rotatable bonds is 6. The Balaban J connectivity index is 1.64. The summed E-state index contributed by atoms with van der Waals surface area (Å²) in [6, 6.07) is 6.50. The summed E-state index contributed by atoms with van der Waals surface area (Å²) >= 11 is 7.05. The van der Waals surface area contributed by atoms with Crippen LogP contribution in [0.15, 0.2) is 24.3 Å². The van der Waals surface area contributed by atoms with Crippen LogP contribution in [-0.2, 0) is 4.74 Å². The summed E-state index contributed by atoms with van der Waals surface area (Å²) in [6.07, 6.45) is 1.68. The van der Waals surface area contributed by atoms with E-state index >= 15 is 0 Å². The lowest BCUT2D eigenvalue weighted by atomic mass is 10.2. The molecule has 3 amide bonds. The van der Waals surface area contributed by atoms with Gasteiger partial charge < -0.3 is 20.3 Å². The number of benzene rings is 1. The third-order valence-corrected chi connectivity index (χ3v) is 5.39. The number of halogens is 1. The smallest absolute Gasteiger partial charge is 0.318 e. The third-order valence-electron chi connectivity index (χ3n) is 4.12. The van der Waals surface area contributed by atoms with Crippen molar-refractivity contribution in [2.24, 2.45) is 0 Å². The second-order valence-corrected chi connectivity index (χ2v) is 7.43. The van der Waals surface area contributed by atoms with Gasteiger partial charge in [0.2, 0.25) is 5.01 Å². The van der Waals surface area contributed by atoms with Gasteiger partial charge in [-0.05, 0) is 37.1 Å². The third kappa shape index (κ3) is 4.94. The van der Waals surface area contributed by atoms with E-state index in [0.717, 1.165) is 12.8 Å². The molecule has 1 aromatic heterocycles. The molecular weight excluding hydrogens is 390 g/mol. The minimum Gasteiger partial charge on any atom is -0.383 e. The molecule has 1 saturated heterocycles. The molecule has 0 radical (unpaired) electrons. The molecule has 0 aliphatic carbocycles. The van der Waals surface area contributed by atoms with Gasteiger partial charge in [-0.1, -0.05) is 22.9 Å². The molecule has 3 rings (SSSR count). The molecule has 1 fully saturated rings. The van der Waals surface area contributed by atoms with Gasteiger partial charge in [-0.25, -0.2) is 4.79 Å². The van der Waals surface area contributed by atoms with Crippen molar-refractivity contribution in [3.8, 4) is 0 Å². The Labute approximate surface area is 165 Å². The zero-order valence-electron chi connectivity index (χ0n) is 14.8. The van der Waals surface area contributed by atoms with Crippen LogP contribution in [0.3, 0.4) is 0 Å². The van der Waals surface area contributed by atoms with Gasteiger partial charge in [-0.3, -0.25) is 4.79 Å². The number of anilines is 1. The van der Waals surface area contributed by atoms with E-state index in [-0.39, 0.29) is 23.0 Å². The molecule has 0 spiro atoms. The quantitative estimate of drug-likeness (QED) is 0.715. The van der Waals surface area contributed by atoms with Crippen LogP contribution in [-0.4, -0.2) is 53.8 Å². The first kappa shape index (κ1) is 19.5. The van der Waals surface area contributed by atoms with Crippen LogP contribution in [0.25, 0.3) is 0 Å². The summed E-state index contributed by atoms with van der Waals surface area (Å²) in [6.45, 7) is 1.55. The van der Waals surface area contributed by atoms with Crippen LogP contribution in [0.1, 0.15) is 33.7 Å². The molecule has 1 aliphatic heterocycles. The van der Waals surface area contributed by atoms with Crippen molar-refractivity contribution in [3.05, 3.63) is 39.3 Å². The van der Waals surface area contributed by atoms with Crippen molar-refractivity contribution >= 4 is 40.6 Å². The predicted octanol–water partition coefficient (Wildman–Crippen LogP) is 2.94. The molecular formula is C17H20ClN5O3S. The average molecular weight is 410 g/mol. The van der Waals surface area contributed by atoms with Gasteiger partial charge in [0.05, 0.1) is 12.6 Å². The number of amides is 3. The van der Waals surface area contributed by atoms with Crippen molar-refractivity contribution in [2.45, 2.75) is 18.9 Å². The molecule has 2 aromatic rings. The second kappa shape index (κ2) is 9.12. The summed E-state index contributed by atoms with van der Waals surface area (Å²) in [7, 11) is 1.59. The summed E-state index contributed by atoms with van der Waals surface area (Å²) in [5.41, 5.74) is 0.626. The number of ether oxygens (including phenoxy) is 1. The molecule has 1 aliphatic rings. The second-order valence-electron chi connectivity index (χ2n) is 5.98. The standard InChI is InChI=1S/C17H20ClN5O3S/c1-26-10-8-19-17(25)23-9-2-3-13(23)15-21-22-16(27-15)14(24)20-12-6-4-11(18)5-7-12/h4-7,13H,2-3,8-10H2,1H3,(H,19,25)(H,20,24)/t13-/m0/s1. The molecule has 144 valence electrons. The molecule has 0 unspecified atom stereocenters. The van der Waals surface area contributed by atoms with E-state index in [4.69, 9.17) is 16.3 Å². The number of likely N-dealkylation sites (tertiary alicyclic amines) is 1. The van der Waals surface area contributed by atoms with Crippen LogP contribution in [0.5, 0.6) is 0 Å². The van der Waals surface area contributed by atoms with Gasteiger partial charge in [0, 0.05) is 30.9 Å². The Morgan fingerprint density at radius 2 is 2.11 bits per heavy atom. The highest BCUT2D eigenvalue weighted by atomic mass is 35.5. The normalized spacial score (nSPS) is 16.4. The average Bonchev–Trinajstić information content (AvgIpc) is 3.33. The van der Waals surface area contributed by atoms with Crippen molar-refractivity contribution in [3.63, 3.8) is 0 Å². The lowest BCUT2D eigenvalue weighted by Crippen LogP contribution is -2.40. The largest absolute Gasteiger partial charge is 0.383 e. The first-order chi connectivity index (χ1) is 13.1. The molecule has 0 bridgehead atoms. The number of hydrogen-bond donors (Lipinski definition) is 2. The fourth-order valence-corrected chi connectivity index (χ4v) is 3.82. The number of urea groups is 1. The minimum absolute atomic E-state index is 0.156. The summed E-state index contributed by atoms with van der Waals surface area (Å²) in [4.78, 5) is 26.4. The molecule has 1 atom stereocenters. The molecule has 2 heterocycles. The minimum atomic E-state index is -0.338. The van der Waals surface area contributed by atoms with Crippen LogP contribution in [0.2, 0.25) is 5.02 Å². The Hall–Kier alpha value is -2.23. The lowest BCUT2D eigenvalue weighted by Gasteiger charge is -2.22. The van der Waals surface area contributed by atoms with E-state index in [1.807, 2.05) is 0 Å². The van der Waals surface area contributed by atoms with Gasteiger partial charge in [0.1, 0.15) is 5.01 Å². The van der Waals surface area contributed by atoms with E-state index in [1.165, 1.54) is 11.3 Å². The Kier molecular flexibility index (Phi) is 6.59. The highest BCUT2D eigenvalue weighted by Crippen LogP contribution is 2.33. The molecule has 10 heteroatoms. The van der Waals surface area contributed by atoms with Crippen LogP contribution in [0.4, 0.5) is 10.5 Å². The highest BCUT2D eigenvalue weighted by Gasteiger charge is 2.33. The van der Waals surface area contributed by atoms with E-state index < -0.39 is 0 Å². The Morgan fingerprint density at radius 1 is 1.33 bits per heavy atom. The fraction of sp³-hybridized carbons (Fsp3) is 0.412. The van der Waals surface area contributed by atoms with E-state index in [1.54, 1.807) is 36.3 Å². The topological polar surface area (TPSA) is 96.4 Å². The van der Waals surface area contributed by atoms with Crippen molar-refractivity contribution in [1.82, 2.24) is 20.4 Å². The number of nitrogens with one attached hydrogen (secondary N) is 2. The molecule has 2 N–H and O–H groups in total. The highest BCUT2D eigenvalue weighted by molar-refractivity contribution is 7.13. The van der Waals surface area contributed by atoms with Crippen LogP contribution in [0, 0.1) is 0 Å². The molecule has 27 heavy (non-hydrogen) atoms. The Morgan fingerprint density at radius 3 is 2.85 bits per heavy atom. The van der Waals surface area contributed by atoms with Gasteiger partial charge in [0.15, 0.2) is 0 Å². The number of aromatic nitrogens is 2. The number of carbonyl (C=O) groups is 2. The first-order valence-electron chi connectivity index (χ1n) is 8.52. The van der Waals surface area contributed by atoms with Gasteiger partial charge in [0.25, 0.3) is 5.91 Å². The number of nitrogens with zero attached hydrogens (tertiary/aromatic N) is 3. The predicted molar refractivity (Wildman–Crippen MR) is 103 cm³/mol. The van der Waals surface area contributed by atoms with E-state index in [2.05, 4.69) is 20.8 Å². The maximum absolute atomic E-state index is 12.4. The van der Waals surface area contributed by atoms with Crippen molar-refractivity contribution in [2.75, 3.05) is 32.1 Å². The monoisotopic (exact) mass is 409 g/mol. The number of carbonyl (C=O) groups excluding carboxylic acids is 2. The maximum atomic E-state index is 12.4. The van der Waals surface area contributed by atoms with Crippen LogP contribution >= 0.6 is 22.9 Å². The number of hydrogen-bond acceptors (Lipinski definition) is 6. The number of methoxy groups -OCH3 is 1. The van der Waals surface area contributed by atoms with Crippen molar-refractivity contribution in [1.29, 1.82) is 0 Å². The summed E-state index contributed by atoms with van der Waals surface area (Å²) in [5.74, 6) is -0.338. The molecule has 1 aromatic carbocycles. The van der Waals surface area contributed by atoms with Gasteiger partial charge >= 0.3 is 6.03 Å². The first-order valence-corrected chi connectivity index (χ1v) is 9.71. The fourth-order valence-electron chi connectivity index (χ4n) is 2.81. The zero-order valence-corrected chi connectivity index (χ0v) is 16.3. The van der Waals surface area contributed by atoms with E-state index in [9.17, 15) is 9.59 Å². The molecule has 0 saturated carbocycles. The lowest BCUT2D eigenvalue weighted by molar-refractivity contribution is 0.102. The summed E-state index contributed by atoms with van der Waals surface area (Å²) in [5, 5.41) is 15.2. The zero-order chi connectivity index (χ0) is 19.2. The van der Waals surface area contributed by atoms with Crippen LogP contribution < -0.4 is 10.6 Å². The maximum Gasteiger partial charge on any atom is 0.318 e. The van der Waals surface area contributed by atoms with Crippen molar-refractivity contribution < 1.29 is 14.3 Å². The Bertz CT molecular complexity index is 798. The van der Waals surface area contributed by atoms with Gasteiger partial charge in [-0.15, -0.1) is 10.2 Å². The van der Waals surface area contributed by atoms with E-state index in [0.29, 0.717) is 35.4 Å². The summed E-state index contributed by atoms with van der Waals surface area (Å²) < 4.78 is 4.95. The SMILES string of the molecule is COCCNC(=O)N1CCC[C@H]1c1nnc(C(=O)Nc2ccc(Cl)cc2)s1.